The van der Waals surface area contributed by atoms with Gasteiger partial charge >= 0.3 is 0 Å². The van der Waals surface area contributed by atoms with E-state index in [1.807, 2.05) is 12.1 Å². The van der Waals surface area contributed by atoms with Crippen molar-refractivity contribution < 1.29 is 4.39 Å². The van der Waals surface area contributed by atoms with Crippen LogP contribution >= 0.6 is 15.9 Å². The minimum atomic E-state index is -0.180. The second-order valence-electron chi connectivity index (χ2n) is 2.91. The summed E-state index contributed by atoms with van der Waals surface area (Å²) in [5, 5.41) is 0. The molecule has 0 spiro atoms. The highest BCUT2D eigenvalue weighted by molar-refractivity contribution is 9.10. The predicted octanol–water partition coefficient (Wildman–Crippen LogP) is 3.55. The SMILES string of the molecule is Fc1cc2c(cc1Br)CCC=C2. The van der Waals surface area contributed by atoms with E-state index < -0.39 is 0 Å². The lowest BCUT2D eigenvalue weighted by Crippen LogP contribution is -1.95. The summed E-state index contributed by atoms with van der Waals surface area (Å²) in [6.07, 6.45) is 6.14. The van der Waals surface area contributed by atoms with Crippen molar-refractivity contribution in [1.82, 2.24) is 0 Å². The van der Waals surface area contributed by atoms with Crippen molar-refractivity contribution in [2.75, 3.05) is 0 Å². The molecule has 0 amide bonds. The minimum Gasteiger partial charge on any atom is -0.206 e. The normalized spacial score (nSPS) is 14.5. The first-order chi connectivity index (χ1) is 5.77. The number of fused-ring (bicyclic) bond motifs is 1. The van der Waals surface area contributed by atoms with Gasteiger partial charge in [0.25, 0.3) is 0 Å². The molecule has 0 nitrogen and oxygen atoms in total. The van der Waals surface area contributed by atoms with Crippen LogP contribution in [0.1, 0.15) is 17.5 Å². The molecule has 0 fully saturated rings. The molecule has 2 heteroatoms. The van der Waals surface area contributed by atoms with E-state index in [0.717, 1.165) is 18.4 Å². The molecule has 0 aliphatic heterocycles. The topological polar surface area (TPSA) is 0 Å². The second-order valence-corrected chi connectivity index (χ2v) is 3.76. The minimum absolute atomic E-state index is 0.180. The lowest BCUT2D eigenvalue weighted by atomic mass is 9.98. The van der Waals surface area contributed by atoms with Crippen molar-refractivity contribution in [2.24, 2.45) is 0 Å². The highest BCUT2D eigenvalue weighted by atomic mass is 79.9. The summed E-state index contributed by atoms with van der Waals surface area (Å²) in [6, 6.07) is 3.45. The Morgan fingerprint density at radius 2 is 2.17 bits per heavy atom. The van der Waals surface area contributed by atoms with Gasteiger partial charge in [-0.05, 0) is 52.0 Å². The molecule has 2 rings (SSSR count). The van der Waals surface area contributed by atoms with Crippen LogP contribution < -0.4 is 0 Å². The van der Waals surface area contributed by atoms with Gasteiger partial charge in [-0.2, -0.15) is 0 Å². The molecule has 0 saturated heterocycles. The van der Waals surface area contributed by atoms with Crippen LogP contribution in [-0.2, 0) is 6.42 Å². The van der Waals surface area contributed by atoms with Crippen LogP contribution in [-0.4, -0.2) is 0 Å². The molecule has 0 aromatic heterocycles. The summed E-state index contributed by atoms with van der Waals surface area (Å²) < 4.78 is 13.6. The highest BCUT2D eigenvalue weighted by Crippen LogP contribution is 2.25. The van der Waals surface area contributed by atoms with Gasteiger partial charge in [0, 0.05) is 0 Å². The highest BCUT2D eigenvalue weighted by Gasteiger charge is 2.08. The second kappa shape index (κ2) is 3.02. The van der Waals surface area contributed by atoms with Gasteiger partial charge in [-0.25, -0.2) is 4.39 Å². The van der Waals surface area contributed by atoms with Gasteiger partial charge in [0.05, 0.1) is 4.47 Å². The first kappa shape index (κ1) is 7.99. The Hall–Kier alpha value is -0.630. The molecular formula is C10H8BrF. The molecular weight excluding hydrogens is 219 g/mol. The van der Waals surface area contributed by atoms with Crippen LogP contribution in [0.25, 0.3) is 6.08 Å². The molecule has 0 heterocycles. The van der Waals surface area contributed by atoms with Crippen LogP contribution in [0.5, 0.6) is 0 Å². The molecule has 1 aromatic rings. The van der Waals surface area contributed by atoms with E-state index in [9.17, 15) is 4.39 Å². The Bertz CT molecular complexity index is 342. The van der Waals surface area contributed by atoms with E-state index in [-0.39, 0.29) is 5.82 Å². The quantitative estimate of drug-likeness (QED) is 0.635. The number of aryl methyl sites for hydroxylation is 1. The van der Waals surface area contributed by atoms with Gasteiger partial charge in [0.15, 0.2) is 0 Å². The van der Waals surface area contributed by atoms with E-state index in [2.05, 4.69) is 22.0 Å². The third-order valence-electron chi connectivity index (χ3n) is 2.06. The molecule has 0 atom stereocenters. The van der Waals surface area contributed by atoms with Gasteiger partial charge in [0.1, 0.15) is 5.82 Å². The molecule has 0 bridgehead atoms. The maximum absolute atomic E-state index is 13.0. The fraction of sp³-hybridized carbons (Fsp3) is 0.200. The maximum atomic E-state index is 13.0. The van der Waals surface area contributed by atoms with Crippen molar-refractivity contribution >= 4 is 22.0 Å². The lowest BCUT2D eigenvalue weighted by molar-refractivity contribution is 0.619. The number of allylic oxidation sites excluding steroid dienone is 1. The molecule has 0 unspecified atom stereocenters. The standard InChI is InChI=1S/C10H8BrF/c11-9-5-7-3-1-2-4-8(7)6-10(9)12/h2,4-6H,1,3H2. The van der Waals surface area contributed by atoms with Gasteiger partial charge in [-0.1, -0.05) is 12.2 Å². The van der Waals surface area contributed by atoms with Crippen LogP contribution in [0.15, 0.2) is 22.7 Å². The molecule has 0 N–H and O–H groups in total. The van der Waals surface area contributed by atoms with Gasteiger partial charge < -0.3 is 0 Å². The van der Waals surface area contributed by atoms with Gasteiger partial charge in [-0.15, -0.1) is 0 Å². The smallest absolute Gasteiger partial charge is 0.137 e. The third-order valence-corrected chi connectivity index (χ3v) is 2.67. The monoisotopic (exact) mass is 226 g/mol. The van der Waals surface area contributed by atoms with E-state index in [1.54, 1.807) is 6.07 Å². The van der Waals surface area contributed by atoms with Crippen molar-refractivity contribution in [3.8, 4) is 0 Å². The molecule has 12 heavy (non-hydrogen) atoms. The number of hydrogen-bond acceptors (Lipinski definition) is 0. The van der Waals surface area contributed by atoms with Crippen molar-refractivity contribution in [3.63, 3.8) is 0 Å². The molecule has 1 aliphatic carbocycles. The zero-order valence-electron chi connectivity index (χ0n) is 6.48. The Morgan fingerprint density at radius 3 is 3.00 bits per heavy atom. The van der Waals surface area contributed by atoms with E-state index in [4.69, 9.17) is 0 Å². The first-order valence-electron chi connectivity index (χ1n) is 3.92. The van der Waals surface area contributed by atoms with E-state index in [0.29, 0.717) is 4.47 Å². The Balaban J connectivity index is 2.58. The van der Waals surface area contributed by atoms with Gasteiger partial charge in [0.2, 0.25) is 0 Å². The summed E-state index contributed by atoms with van der Waals surface area (Å²) in [7, 11) is 0. The molecule has 1 aromatic carbocycles. The summed E-state index contributed by atoms with van der Waals surface area (Å²) in [5.41, 5.74) is 2.24. The Morgan fingerprint density at radius 1 is 1.33 bits per heavy atom. The van der Waals surface area contributed by atoms with Crippen LogP contribution in [0.2, 0.25) is 0 Å². The zero-order chi connectivity index (χ0) is 8.55. The third kappa shape index (κ3) is 1.31. The number of halogens is 2. The average Bonchev–Trinajstić information content (AvgIpc) is 2.07. The largest absolute Gasteiger partial charge is 0.206 e. The van der Waals surface area contributed by atoms with Crippen molar-refractivity contribution in [2.45, 2.75) is 12.8 Å². The number of rotatable bonds is 0. The summed E-state index contributed by atoms with van der Waals surface area (Å²) in [6.45, 7) is 0. The molecule has 0 radical (unpaired) electrons. The van der Waals surface area contributed by atoms with E-state index >= 15 is 0 Å². The fourth-order valence-corrected chi connectivity index (χ4v) is 1.81. The number of benzene rings is 1. The molecule has 1 aliphatic rings. The first-order valence-corrected chi connectivity index (χ1v) is 4.71. The summed E-state index contributed by atoms with van der Waals surface area (Å²) in [5.74, 6) is -0.180. The summed E-state index contributed by atoms with van der Waals surface area (Å²) >= 11 is 3.18. The van der Waals surface area contributed by atoms with Crippen molar-refractivity contribution in [1.29, 1.82) is 0 Å². The Labute approximate surface area is 79.2 Å². The van der Waals surface area contributed by atoms with E-state index in [1.165, 1.54) is 5.56 Å². The van der Waals surface area contributed by atoms with Crippen LogP contribution in [0.3, 0.4) is 0 Å². The Kier molecular flexibility index (Phi) is 2.01. The number of hydrogen-bond donors (Lipinski definition) is 0. The maximum Gasteiger partial charge on any atom is 0.137 e. The van der Waals surface area contributed by atoms with Crippen LogP contribution in [0.4, 0.5) is 4.39 Å². The zero-order valence-corrected chi connectivity index (χ0v) is 8.07. The fourth-order valence-electron chi connectivity index (χ4n) is 1.42. The van der Waals surface area contributed by atoms with Gasteiger partial charge in [-0.3, -0.25) is 0 Å². The van der Waals surface area contributed by atoms with Crippen molar-refractivity contribution in [3.05, 3.63) is 39.6 Å². The lowest BCUT2D eigenvalue weighted by Gasteiger charge is -2.10. The average molecular weight is 227 g/mol. The predicted molar refractivity (Wildman–Crippen MR) is 51.5 cm³/mol. The molecule has 62 valence electrons. The molecule has 0 saturated carbocycles. The van der Waals surface area contributed by atoms with Crippen LogP contribution in [0, 0.1) is 5.82 Å². The summed E-state index contributed by atoms with van der Waals surface area (Å²) in [4.78, 5) is 0.